The second-order valence-electron chi connectivity index (χ2n) is 4.94. The average molecular weight is 202 g/mol. The molecular weight excluding hydrogens is 184 g/mol. The minimum Gasteiger partial charge on any atom is -0.304 e. The monoisotopic (exact) mass is 202 g/mol. The van der Waals surface area contributed by atoms with Crippen molar-refractivity contribution in [2.45, 2.75) is 39.5 Å². The topological polar surface area (TPSA) is 17.3 Å². The molecule has 0 unspecified atom stereocenters. The summed E-state index contributed by atoms with van der Waals surface area (Å²) in [6, 6.07) is 6.16. The van der Waals surface area contributed by atoms with Gasteiger partial charge in [0.1, 0.15) is 5.65 Å². The van der Waals surface area contributed by atoms with Gasteiger partial charge in [-0.25, -0.2) is 4.98 Å². The van der Waals surface area contributed by atoms with E-state index >= 15 is 0 Å². The molecule has 0 aliphatic carbocycles. The summed E-state index contributed by atoms with van der Waals surface area (Å²) in [6.07, 6.45) is 3.12. The van der Waals surface area contributed by atoms with E-state index in [-0.39, 0.29) is 5.41 Å². The Labute approximate surface area is 91.0 Å². The van der Waals surface area contributed by atoms with E-state index in [4.69, 9.17) is 4.98 Å². The van der Waals surface area contributed by atoms with Crippen LogP contribution in [0.1, 0.15) is 39.1 Å². The van der Waals surface area contributed by atoms with Crippen LogP contribution in [0.3, 0.4) is 0 Å². The minimum atomic E-state index is 0.122. The van der Waals surface area contributed by atoms with E-state index in [9.17, 15) is 0 Å². The van der Waals surface area contributed by atoms with Crippen molar-refractivity contribution in [3.63, 3.8) is 0 Å². The van der Waals surface area contributed by atoms with Gasteiger partial charge >= 0.3 is 0 Å². The van der Waals surface area contributed by atoms with Crippen molar-refractivity contribution in [2.24, 2.45) is 0 Å². The van der Waals surface area contributed by atoms with E-state index in [0.717, 1.165) is 12.1 Å². The van der Waals surface area contributed by atoms with Crippen LogP contribution in [0.15, 0.2) is 24.4 Å². The maximum atomic E-state index is 4.72. The molecule has 0 bridgehead atoms. The smallest absolute Gasteiger partial charge is 0.137 e. The summed E-state index contributed by atoms with van der Waals surface area (Å²) in [4.78, 5) is 4.72. The van der Waals surface area contributed by atoms with Gasteiger partial charge in [0.05, 0.1) is 5.69 Å². The van der Waals surface area contributed by atoms with E-state index in [1.807, 2.05) is 6.07 Å². The number of aromatic nitrogens is 2. The molecule has 0 atom stereocenters. The number of imidazole rings is 1. The van der Waals surface area contributed by atoms with Crippen molar-refractivity contribution in [1.82, 2.24) is 9.38 Å². The van der Waals surface area contributed by atoms with E-state index in [1.54, 1.807) is 0 Å². The normalized spacial score (nSPS) is 12.3. The number of aryl methyl sites for hydroxylation is 1. The van der Waals surface area contributed by atoms with Crippen molar-refractivity contribution in [3.05, 3.63) is 35.8 Å². The standard InChI is InChI=1S/C13H18N2/c1-5-10-12(13(2,3)4)14-11-8-6-7-9-15(10)11/h6-9H,5H2,1-4H3. The highest BCUT2D eigenvalue weighted by atomic mass is 15.0. The van der Waals surface area contributed by atoms with Gasteiger partial charge in [0.2, 0.25) is 0 Å². The Balaban J connectivity index is 2.75. The van der Waals surface area contributed by atoms with Crippen LogP contribution in [0.2, 0.25) is 0 Å². The van der Waals surface area contributed by atoms with E-state index < -0.39 is 0 Å². The van der Waals surface area contributed by atoms with Gasteiger partial charge in [-0.05, 0) is 18.6 Å². The summed E-state index contributed by atoms with van der Waals surface area (Å²) in [6.45, 7) is 8.83. The number of fused-ring (bicyclic) bond motifs is 1. The maximum Gasteiger partial charge on any atom is 0.137 e. The van der Waals surface area contributed by atoms with Gasteiger partial charge in [0, 0.05) is 17.3 Å². The Kier molecular flexibility index (Phi) is 2.29. The van der Waals surface area contributed by atoms with Crippen LogP contribution < -0.4 is 0 Å². The Bertz CT molecular complexity index is 475. The fraction of sp³-hybridized carbons (Fsp3) is 0.462. The Hall–Kier alpha value is -1.31. The molecule has 2 heterocycles. The molecule has 2 aromatic rings. The molecule has 15 heavy (non-hydrogen) atoms. The molecule has 80 valence electrons. The summed E-state index contributed by atoms with van der Waals surface area (Å²) < 4.78 is 2.20. The van der Waals surface area contributed by atoms with Crippen LogP contribution in [0.25, 0.3) is 5.65 Å². The van der Waals surface area contributed by atoms with Gasteiger partial charge < -0.3 is 4.40 Å². The summed E-state index contributed by atoms with van der Waals surface area (Å²) in [7, 11) is 0. The van der Waals surface area contributed by atoms with Crippen molar-refractivity contribution in [3.8, 4) is 0 Å². The molecule has 0 aliphatic heterocycles. The van der Waals surface area contributed by atoms with Crippen LogP contribution in [-0.2, 0) is 11.8 Å². The van der Waals surface area contributed by atoms with Gasteiger partial charge in [0.15, 0.2) is 0 Å². The third kappa shape index (κ3) is 1.65. The van der Waals surface area contributed by atoms with Gasteiger partial charge in [-0.1, -0.05) is 33.8 Å². The highest BCUT2D eigenvalue weighted by Gasteiger charge is 2.22. The lowest BCUT2D eigenvalue weighted by atomic mass is 9.90. The minimum absolute atomic E-state index is 0.122. The summed E-state index contributed by atoms with van der Waals surface area (Å²) in [5.74, 6) is 0. The zero-order valence-corrected chi connectivity index (χ0v) is 9.91. The molecule has 0 saturated carbocycles. The van der Waals surface area contributed by atoms with Crippen molar-refractivity contribution in [1.29, 1.82) is 0 Å². The predicted molar refractivity (Wildman–Crippen MR) is 63.3 cm³/mol. The van der Waals surface area contributed by atoms with E-state index in [2.05, 4.69) is 50.4 Å². The summed E-state index contributed by atoms with van der Waals surface area (Å²) >= 11 is 0. The third-order valence-corrected chi connectivity index (χ3v) is 2.67. The fourth-order valence-corrected chi connectivity index (χ4v) is 1.98. The predicted octanol–water partition coefficient (Wildman–Crippen LogP) is 3.19. The van der Waals surface area contributed by atoms with E-state index in [0.29, 0.717) is 0 Å². The molecule has 0 saturated heterocycles. The number of rotatable bonds is 1. The zero-order valence-electron chi connectivity index (χ0n) is 9.91. The van der Waals surface area contributed by atoms with Crippen LogP contribution in [0.5, 0.6) is 0 Å². The first-order valence-corrected chi connectivity index (χ1v) is 5.50. The average Bonchev–Trinajstić information content (AvgIpc) is 2.55. The molecule has 2 aromatic heterocycles. The van der Waals surface area contributed by atoms with Crippen LogP contribution in [-0.4, -0.2) is 9.38 Å². The SMILES string of the molecule is CCc1c(C(C)(C)C)nc2ccccn12. The molecule has 2 nitrogen and oxygen atoms in total. The van der Waals surface area contributed by atoms with Crippen LogP contribution in [0.4, 0.5) is 0 Å². The van der Waals surface area contributed by atoms with Crippen molar-refractivity contribution >= 4 is 5.65 Å². The van der Waals surface area contributed by atoms with Crippen molar-refractivity contribution < 1.29 is 0 Å². The highest BCUT2D eigenvalue weighted by molar-refractivity contribution is 5.44. The molecule has 0 radical (unpaired) electrons. The molecule has 0 N–H and O–H groups in total. The molecule has 0 fully saturated rings. The number of pyridine rings is 1. The lowest BCUT2D eigenvalue weighted by Crippen LogP contribution is -2.14. The molecule has 0 aliphatic rings. The molecule has 2 rings (SSSR count). The fourth-order valence-electron chi connectivity index (χ4n) is 1.98. The summed E-state index contributed by atoms with van der Waals surface area (Å²) in [5.41, 5.74) is 3.73. The molecular formula is C13H18N2. The van der Waals surface area contributed by atoms with Gasteiger partial charge in [-0.2, -0.15) is 0 Å². The lowest BCUT2D eigenvalue weighted by Gasteiger charge is -2.17. The van der Waals surface area contributed by atoms with Gasteiger partial charge in [-0.15, -0.1) is 0 Å². The second kappa shape index (κ2) is 3.37. The number of hydrogen-bond acceptors (Lipinski definition) is 1. The molecule has 0 amide bonds. The Morgan fingerprint density at radius 3 is 2.60 bits per heavy atom. The van der Waals surface area contributed by atoms with Crippen LogP contribution >= 0.6 is 0 Å². The molecule has 0 spiro atoms. The maximum absolute atomic E-state index is 4.72. The quantitative estimate of drug-likeness (QED) is 0.694. The van der Waals surface area contributed by atoms with Gasteiger partial charge in [-0.3, -0.25) is 0 Å². The number of hydrogen-bond donors (Lipinski definition) is 0. The van der Waals surface area contributed by atoms with E-state index in [1.165, 1.54) is 11.4 Å². The molecule has 0 aromatic carbocycles. The number of nitrogens with zero attached hydrogens (tertiary/aromatic N) is 2. The Morgan fingerprint density at radius 2 is 2.00 bits per heavy atom. The highest BCUT2D eigenvalue weighted by Crippen LogP contribution is 2.26. The lowest BCUT2D eigenvalue weighted by molar-refractivity contribution is 0.565. The Morgan fingerprint density at radius 1 is 1.27 bits per heavy atom. The second-order valence-corrected chi connectivity index (χ2v) is 4.94. The summed E-state index contributed by atoms with van der Waals surface area (Å²) in [5, 5.41) is 0. The zero-order chi connectivity index (χ0) is 11.1. The first-order chi connectivity index (χ1) is 7.04. The largest absolute Gasteiger partial charge is 0.304 e. The first-order valence-electron chi connectivity index (χ1n) is 5.50. The third-order valence-electron chi connectivity index (χ3n) is 2.67. The van der Waals surface area contributed by atoms with Gasteiger partial charge in [0.25, 0.3) is 0 Å². The van der Waals surface area contributed by atoms with Crippen LogP contribution in [0, 0.1) is 0 Å². The molecule has 2 heteroatoms. The van der Waals surface area contributed by atoms with Crippen molar-refractivity contribution in [2.75, 3.05) is 0 Å². The first kappa shape index (κ1) is 10.2.